The fourth-order valence-electron chi connectivity index (χ4n) is 1.75. The number of hydrogen-bond acceptors (Lipinski definition) is 2. The average Bonchev–Trinajstić information content (AvgIpc) is 2.11. The van der Waals surface area contributed by atoms with E-state index in [1.165, 1.54) is 19.3 Å². The first kappa shape index (κ1) is 10.6. The molecule has 15 heavy (non-hydrogen) atoms. The van der Waals surface area contributed by atoms with Crippen molar-refractivity contribution in [2.24, 2.45) is 0 Å². The normalized spacial score (nSPS) is 15.9. The Morgan fingerprint density at radius 1 is 1.33 bits per heavy atom. The zero-order valence-electron chi connectivity index (χ0n) is 9.26. The van der Waals surface area contributed by atoms with Crippen LogP contribution in [-0.4, -0.2) is 20.1 Å². The molecule has 3 heteroatoms. The highest BCUT2D eigenvalue weighted by molar-refractivity contribution is 6.33. The molecule has 1 aliphatic carbocycles. The van der Waals surface area contributed by atoms with Crippen LogP contribution >= 0.6 is 11.6 Å². The minimum atomic E-state index is 0.659. The summed E-state index contributed by atoms with van der Waals surface area (Å²) in [5.41, 5.74) is 2.20. The van der Waals surface area contributed by atoms with Gasteiger partial charge in [0.25, 0.3) is 0 Å². The molecule has 0 radical (unpaired) electrons. The van der Waals surface area contributed by atoms with Crippen molar-refractivity contribution in [3.05, 3.63) is 23.2 Å². The van der Waals surface area contributed by atoms with Crippen LogP contribution in [0.4, 0.5) is 11.4 Å². The third kappa shape index (κ3) is 2.37. The summed E-state index contributed by atoms with van der Waals surface area (Å²) in [7, 11) is 4.00. The van der Waals surface area contributed by atoms with Crippen LogP contribution in [0.1, 0.15) is 19.3 Å². The van der Waals surface area contributed by atoms with Crippen LogP contribution in [0.3, 0.4) is 0 Å². The van der Waals surface area contributed by atoms with Crippen molar-refractivity contribution in [3.63, 3.8) is 0 Å². The van der Waals surface area contributed by atoms with Gasteiger partial charge in [0.15, 0.2) is 0 Å². The SMILES string of the molecule is CN(C)c1ccc(NC2CCC2)cc1Cl. The van der Waals surface area contributed by atoms with E-state index in [0.717, 1.165) is 16.4 Å². The monoisotopic (exact) mass is 224 g/mol. The van der Waals surface area contributed by atoms with Gasteiger partial charge in [-0.05, 0) is 37.5 Å². The number of benzene rings is 1. The van der Waals surface area contributed by atoms with E-state index in [-0.39, 0.29) is 0 Å². The predicted molar refractivity (Wildman–Crippen MR) is 67.0 cm³/mol. The first-order valence-electron chi connectivity index (χ1n) is 5.40. The maximum Gasteiger partial charge on any atom is 0.0659 e. The Morgan fingerprint density at radius 3 is 2.53 bits per heavy atom. The van der Waals surface area contributed by atoms with Gasteiger partial charge in [-0.25, -0.2) is 0 Å². The highest BCUT2D eigenvalue weighted by atomic mass is 35.5. The van der Waals surface area contributed by atoms with Crippen LogP contribution in [0, 0.1) is 0 Å². The molecule has 0 aromatic heterocycles. The third-order valence-electron chi connectivity index (χ3n) is 2.91. The van der Waals surface area contributed by atoms with Gasteiger partial charge in [0.1, 0.15) is 0 Å². The molecule has 1 saturated carbocycles. The number of nitrogens with one attached hydrogen (secondary N) is 1. The van der Waals surface area contributed by atoms with E-state index in [1.54, 1.807) is 0 Å². The van der Waals surface area contributed by atoms with E-state index in [4.69, 9.17) is 11.6 Å². The molecule has 2 rings (SSSR count). The lowest BCUT2D eigenvalue weighted by molar-refractivity contribution is 0.445. The number of hydrogen-bond donors (Lipinski definition) is 1. The second-order valence-corrected chi connectivity index (χ2v) is 4.74. The van der Waals surface area contributed by atoms with Crippen molar-refractivity contribution in [2.45, 2.75) is 25.3 Å². The van der Waals surface area contributed by atoms with Crippen LogP contribution in [0.15, 0.2) is 18.2 Å². The topological polar surface area (TPSA) is 15.3 Å². The predicted octanol–water partition coefficient (Wildman–Crippen LogP) is 3.37. The lowest BCUT2D eigenvalue weighted by atomic mass is 9.93. The van der Waals surface area contributed by atoms with Crippen molar-refractivity contribution in [3.8, 4) is 0 Å². The first-order valence-corrected chi connectivity index (χ1v) is 5.78. The highest BCUT2D eigenvalue weighted by Crippen LogP contribution is 2.29. The maximum atomic E-state index is 6.19. The Labute approximate surface area is 96.2 Å². The molecule has 1 aromatic carbocycles. The van der Waals surface area contributed by atoms with Gasteiger partial charge in [0.2, 0.25) is 0 Å². The summed E-state index contributed by atoms with van der Waals surface area (Å²) < 4.78 is 0. The fourth-order valence-corrected chi connectivity index (χ4v) is 2.10. The Hall–Kier alpha value is -0.890. The van der Waals surface area contributed by atoms with Crippen molar-refractivity contribution in [1.29, 1.82) is 0 Å². The molecule has 0 bridgehead atoms. The summed E-state index contributed by atoms with van der Waals surface area (Å²) in [6, 6.07) is 6.82. The van der Waals surface area contributed by atoms with Crippen LogP contribution in [0.5, 0.6) is 0 Å². The smallest absolute Gasteiger partial charge is 0.0659 e. The fraction of sp³-hybridized carbons (Fsp3) is 0.500. The van der Waals surface area contributed by atoms with Gasteiger partial charge in [-0.15, -0.1) is 0 Å². The molecular weight excluding hydrogens is 208 g/mol. The zero-order valence-corrected chi connectivity index (χ0v) is 10.0. The van der Waals surface area contributed by atoms with Crippen LogP contribution in [0.2, 0.25) is 5.02 Å². The number of rotatable bonds is 3. The quantitative estimate of drug-likeness (QED) is 0.847. The largest absolute Gasteiger partial charge is 0.382 e. The molecule has 1 aliphatic rings. The Kier molecular flexibility index (Phi) is 3.06. The van der Waals surface area contributed by atoms with E-state index >= 15 is 0 Å². The first-order chi connectivity index (χ1) is 7.16. The molecule has 2 nitrogen and oxygen atoms in total. The van der Waals surface area contributed by atoms with Crippen molar-refractivity contribution in [2.75, 3.05) is 24.3 Å². The van der Waals surface area contributed by atoms with Gasteiger partial charge in [-0.2, -0.15) is 0 Å². The van der Waals surface area contributed by atoms with Crippen LogP contribution < -0.4 is 10.2 Å². The second-order valence-electron chi connectivity index (χ2n) is 4.33. The van der Waals surface area contributed by atoms with E-state index in [1.807, 2.05) is 25.1 Å². The second kappa shape index (κ2) is 4.31. The molecule has 0 unspecified atom stereocenters. The van der Waals surface area contributed by atoms with Crippen LogP contribution in [0.25, 0.3) is 0 Å². The van der Waals surface area contributed by atoms with E-state index < -0.39 is 0 Å². The Morgan fingerprint density at radius 2 is 2.07 bits per heavy atom. The summed E-state index contributed by atoms with van der Waals surface area (Å²) in [4.78, 5) is 2.02. The number of nitrogens with zero attached hydrogens (tertiary/aromatic N) is 1. The standard InChI is InChI=1S/C12H17ClN2/c1-15(2)12-7-6-10(8-11(12)13)14-9-4-3-5-9/h6-9,14H,3-5H2,1-2H3. The van der Waals surface area contributed by atoms with Gasteiger partial charge in [0.05, 0.1) is 10.7 Å². The average molecular weight is 225 g/mol. The molecule has 0 atom stereocenters. The number of anilines is 2. The Balaban J connectivity index is 2.10. The van der Waals surface area contributed by atoms with E-state index in [2.05, 4.69) is 17.4 Å². The van der Waals surface area contributed by atoms with E-state index in [0.29, 0.717) is 6.04 Å². The molecule has 1 N–H and O–H groups in total. The minimum Gasteiger partial charge on any atom is -0.382 e. The molecule has 82 valence electrons. The maximum absolute atomic E-state index is 6.19. The molecule has 0 saturated heterocycles. The molecule has 0 spiro atoms. The zero-order chi connectivity index (χ0) is 10.8. The summed E-state index contributed by atoms with van der Waals surface area (Å²) in [5.74, 6) is 0. The summed E-state index contributed by atoms with van der Waals surface area (Å²) >= 11 is 6.19. The van der Waals surface area contributed by atoms with Gasteiger partial charge in [-0.1, -0.05) is 11.6 Å². The van der Waals surface area contributed by atoms with Crippen molar-refractivity contribution < 1.29 is 0 Å². The Bertz CT molecular complexity index is 345. The van der Waals surface area contributed by atoms with Gasteiger partial charge in [-0.3, -0.25) is 0 Å². The van der Waals surface area contributed by atoms with Crippen LogP contribution in [-0.2, 0) is 0 Å². The summed E-state index contributed by atoms with van der Waals surface area (Å²) in [6.45, 7) is 0. The van der Waals surface area contributed by atoms with Gasteiger partial charge >= 0.3 is 0 Å². The lowest BCUT2D eigenvalue weighted by Crippen LogP contribution is -2.26. The third-order valence-corrected chi connectivity index (χ3v) is 3.21. The van der Waals surface area contributed by atoms with E-state index in [9.17, 15) is 0 Å². The molecule has 0 aliphatic heterocycles. The molecular formula is C12H17ClN2. The van der Waals surface area contributed by atoms with Gasteiger partial charge in [0, 0.05) is 25.8 Å². The van der Waals surface area contributed by atoms with Crippen molar-refractivity contribution >= 4 is 23.0 Å². The summed E-state index contributed by atoms with van der Waals surface area (Å²) in [6.07, 6.45) is 3.92. The molecule has 1 fully saturated rings. The molecule has 0 heterocycles. The molecule has 0 amide bonds. The minimum absolute atomic E-state index is 0.659. The molecule has 1 aromatic rings. The number of halogens is 1. The lowest BCUT2D eigenvalue weighted by Gasteiger charge is -2.28. The highest BCUT2D eigenvalue weighted by Gasteiger charge is 2.17. The summed E-state index contributed by atoms with van der Waals surface area (Å²) in [5, 5.41) is 4.29. The van der Waals surface area contributed by atoms with Crippen molar-refractivity contribution in [1.82, 2.24) is 0 Å². The van der Waals surface area contributed by atoms with Gasteiger partial charge < -0.3 is 10.2 Å².